The van der Waals surface area contributed by atoms with Crippen LogP contribution in [0.4, 0.5) is 0 Å². The van der Waals surface area contributed by atoms with Gasteiger partial charge in [-0.1, -0.05) is 19.3 Å². The monoisotopic (exact) mass is 255 g/mol. The maximum Gasteiger partial charge on any atom is 0.0757 e. The third kappa shape index (κ3) is 3.46. The van der Waals surface area contributed by atoms with Gasteiger partial charge in [0.2, 0.25) is 0 Å². The average molecular weight is 255 g/mol. The fraction of sp³-hybridized carbons (Fsp3) is 1.00. The Hall–Kier alpha value is -0.120. The molecule has 3 heteroatoms. The summed E-state index contributed by atoms with van der Waals surface area (Å²) in [6, 6.07) is 0. The van der Waals surface area contributed by atoms with Crippen LogP contribution >= 0.6 is 0 Å². The van der Waals surface area contributed by atoms with Gasteiger partial charge in [0.1, 0.15) is 0 Å². The van der Waals surface area contributed by atoms with E-state index < -0.39 is 0 Å². The lowest BCUT2D eigenvalue weighted by molar-refractivity contribution is -0.138. The summed E-state index contributed by atoms with van der Waals surface area (Å²) in [7, 11) is 0. The van der Waals surface area contributed by atoms with Gasteiger partial charge in [-0.05, 0) is 33.6 Å². The molecule has 18 heavy (non-hydrogen) atoms. The van der Waals surface area contributed by atoms with Crippen LogP contribution in [0.1, 0.15) is 52.9 Å². The van der Waals surface area contributed by atoms with Crippen molar-refractivity contribution in [3.8, 4) is 0 Å². The van der Waals surface area contributed by atoms with Gasteiger partial charge >= 0.3 is 0 Å². The lowest BCUT2D eigenvalue weighted by Gasteiger charge is -2.46. The largest absolute Gasteiger partial charge is 0.396 e. The molecule has 0 bridgehead atoms. The summed E-state index contributed by atoms with van der Waals surface area (Å²) in [6.07, 6.45) is 6.58. The Labute approximate surface area is 112 Å². The van der Waals surface area contributed by atoms with Crippen molar-refractivity contribution in [1.29, 1.82) is 0 Å². The second kappa shape index (κ2) is 5.48. The topological polar surface area (TPSA) is 32.7 Å². The fourth-order valence-electron chi connectivity index (χ4n) is 3.85. The van der Waals surface area contributed by atoms with Gasteiger partial charge in [0.15, 0.2) is 0 Å². The molecule has 0 spiro atoms. The van der Waals surface area contributed by atoms with Gasteiger partial charge in [0, 0.05) is 31.7 Å². The molecule has 1 aliphatic heterocycles. The maximum atomic E-state index is 9.81. The summed E-state index contributed by atoms with van der Waals surface area (Å²) >= 11 is 0. The maximum absolute atomic E-state index is 9.81. The summed E-state index contributed by atoms with van der Waals surface area (Å²) in [5, 5.41) is 9.81. The summed E-state index contributed by atoms with van der Waals surface area (Å²) < 4.78 is 5.96. The van der Waals surface area contributed by atoms with Crippen molar-refractivity contribution in [3.05, 3.63) is 0 Å². The number of morpholine rings is 1. The van der Waals surface area contributed by atoms with E-state index in [0.29, 0.717) is 12.7 Å². The Balaban J connectivity index is 1.98. The summed E-state index contributed by atoms with van der Waals surface area (Å²) in [6.45, 7) is 9.87. The van der Waals surface area contributed by atoms with Crippen LogP contribution in [0.5, 0.6) is 0 Å². The van der Waals surface area contributed by atoms with Crippen molar-refractivity contribution >= 4 is 0 Å². The van der Waals surface area contributed by atoms with Gasteiger partial charge in [0.05, 0.1) is 11.7 Å². The summed E-state index contributed by atoms with van der Waals surface area (Å²) in [5.41, 5.74) is 0.106. The quantitative estimate of drug-likeness (QED) is 0.840. The molecule has 1 saturated heterocycles. The van der Waals surface area contributed by atoms with E-state index in [9.17, 15) is 5.11 Å². The minimum Gasteiger partial charge on any atom is -0.396 e. The lowest BCUT2D eigenvalue weighted by atomic mass is 9.74. The van der Waals surface area contributed by atoms with E-state index in [1.165, 1.54) is 32.1 Å². The zero-order valence-corrected chi connectivity index (χ0v) is 12.2. The Morgan fingerprint density at radius 3 is 2.44 bits per heavy atom. The smallest absolute Gasteiger partial charge is 0.0757 e. The first-order valence-electron chi connectivity index (χ1n) is 7.46. The molecule has 1 N–H and O–H groups in total. The minimum absolute atomic E-state index is 0.0526. The lowest BCUT2D eigenvalue weighted by Crippen LogP contribution is -2.55. The Morgan fingerprint density at radius 1 is 1.22 bits per heavy atom. The van der Waals surface area contributed by atoms with Crippen LogP contribution in [0.15, 0.2) is 0 Å². The molecule has 0 aromatic carbocycles. The predicted molar refractivity (Wildman–Crippen MR) is 73.7 cm³/mol. The molecule has 1 atom stereocenters. The van der Waals surface area contributed by atoms with Crippen molar-refractivity contribution in [2.24, 2.45) is 5.41 Å². The normalized spacial score (nSPS) is 32.3. The molecule has 1 saturated carbocycles. The zero-order chi connectivity index (χ0) is 13.2. The predicted octanol–water partition coefficient (Wildman–Crippen LogP) is 2.43. The average Bonchev–Trinajstić information content (AvgIpc) is 2.27. The van der Waals surface area contributed by atoms with E-state index in [0.717, 1.165) is 19.6 Å². The van der Waals surface area contributed by atoms with E-state index in [-0.39, 0.29) is 11.0 Å². The highest BCUT2D eigenvalue weighted by Gasteiger charge is 2.38. The molecule has 2 rings (SSSR count). The van der Waals surface area contributed by atoms with Crippen molar-refractivity contribution in [2.45, 2.75) is 64.6 Å². The van der Waals surface area contributed by atoms with Crippen LogP contribution in [0.2, 0.25) is 0 Å². The SMILES string of the molecule is CC1CN(CC2(CO)CCCCC2)CC(C)(C)O1. The number of hydrogen-bond donors (Lipinski definition) is 1. The molecule has 1 heterocycles. The van der Waals surface area contributed by atoms with Gasteiger partial charge in [-0.3, -0.25) is 4.90 Å². The van der Waals surface area contributed by atoms with Crippen LogP contribution in [-0.2, 0) is 4.74 Å². The van der Waals surface area contributed by atoms with Crippen molar-refractivity contribution in [3.63, 3.8) is 0 Å². The second-order valence-corrected chi connectivity index (χ2v) is 7.08. The van der Waals surface area contributed by atoms with E-state index in [4.69, 9.17) is 4.74 Å². The van der Waals surface area contributed by atoms with Crippen LogP contribution in [0.25, 0.3) is 0 Å². The molecule has 0 aromatic heterocycles. The highest BCUT2D eigenvalue weighted by Crippen LogP contribution is 2.37. The minimum atomic E-state index is -0.0526. The molecule has 2 fully saturated rings. The highest BCUT2D eigenvalue weighted by atomic mass is 16.5. The van der Waals surface area contributed by atoms with E-state index in [2.05, 4.69) is 25.7 Å². The first-order chi connectivity index (χ1) is 8.45. The first kappa shape index (κ1) is 14.3. The zero-order valence-electron chi connectivity index (χ0n) is 12.2. The van der Waals surface area contributed by atoms with Gasteiger partial charge in [0.25, 0.3) is 0 Å². The molecule has 2 aliphatic rings. The van der Waals surface area contributed by atoms with Gasteiger partial charge in [-0.15, -0.1) is 0 Å². The first-order valence-corrected chi connectivity index (χ1v) is 7.46. The number of nitrogens with zero attached hydrogens (tertiary/aromatic N) is 1. The molecule has 0 radical (unpaired) electrons. The standard InChI is InChI=1S/C15H29NO2/c1-13-9-16(10-14(2,3)18-13)11-15(12-17)7-5-4-6-8-15/h13,17H,4-12H2,1-3H3. The summed E-state index contributed by atoms with van der Waals surface area (Å²) in [5.74, 6) is 0. The van der Waals surface area contributed by atoms with Gasteiger partial charge in [-0.2, -0.15) is 0 Å². The summed E-state index contributed by atoms with van der Waals surface area (Å²) in [4.78, 5) is 2.51. The Morgan fingerprint density at radius 2 is 1.89 bits per heavy atom. The Kier molecular flexibility index (Phi) is 4.35. The van der Waals surface area contributed by atoms with E-state index >= 15 is 0 Å². The third-order valence-corrected chi connectivity index (χ3v) is 4.45. The number of ether oxygens (including phenoxy) is 1. The van der Waals surface area contributed by atoms with Crippen LogP contribution < -0.4 is 0 Å². The van der Waals surface area contributed by atoms with Crippen LogP contribution in [0, 0.1) is 5.41 Å². The van der Waals surface area contributed by atoms with E-state index in [1.807, 2.05) is 0 Å². The molecule has 106 valence electrons. The van der Waals surface area contributed by atoms with E-state index in [1.54, 1.807) is 0 Å². The second-order valence-electron chi connectivity index (χ2n) is 7.08. The number of rotatable bonds is 3. The highest BCUT2D eigenvalue weighted by molar-refractivity contribution is 4.90. The third-order valence-electron chi connectivity index (χ3n) is 4.45. The molecule has 0 aromatic rings. The number of aliphatic hydroxyl groups is 1. The van der Waals surface area contributed by atoms with Crippen molar-refractivity contribution in [2.75, 3.05) is 26.2 Å². The molecule has 1 unspecified atom stereocenters. The van der Waals surface area contributed by atoms with Gasteiger partial charge < -0.3 is 9.84 Å². The van der Waals surface area contributed by atoms with Crippen LogP contribution in [-0.4, -0.2) is 48.0 Å². The van der Waals surface area contributed by atoms with Gasteiger partial charge in [-0.25, -0.2) is 0 Å². The Bertz CT molecular complexity index is 272. The molecule has 3 nitrogen and oxygen atoms in total. The number of aliphatic hydroxyl groups excluding tert-OH is 1. The molecule has 1 aliphatic carbocycles. The fourth-order valence-corrected chi connectivity index (χ4v) is 3.85. The number of hydrogen-bond acceptors (Lipinski definition) is 3. The van der Waals surface area contributed by atoms with Crippen molar-refractivity contribution in [1.82, 2.24) is 4.90 Å². The van der Waals surface area contributed by atoms with Crippen LogP contribution in [0.3, 0.4) is 0 Å². The molecular formula is C15H29NO2. The van der Waals surface area contributed by atoms with Crippen molar-refractivity contribution < 1.29 is 9.84 Å². The molecule has 0 amide bonds. The molecular weight excluding hydrogens is 226 g/mol.